The van der Waals surface area contributed by atoms with Gasteiger partial charge in [-0.1, -0.05) is 22.9 Å². The smallest absolute Gasteiger partial charge is 0.128 e. The average molecular weight is 336 g/mol. The molecule has 2 heterocycles. The summed E-state index contributed by atoms with van der Waals surface area (Å²) in [6.45, 7) is 5.80. The Hall–Kier alpha value is -1.26. The van der Waals surface area contributed by atoms with Gasteiger partial charge < -0.3 is 14.5 Å². The predicted octanol–water partition coefficient (Wildman–Crippen LogP) is 3.98. The minimum absolute atomic E-state index is 0.0272. The number of nitrogens with one attached hydrogen (secondary N) is 1. The molecule has 0 saturated heterocycles. The molecule has 0 saturated carbocycles. The van der Waals surface area contributed by atoms with Crippen molar-refractivity contribution in [3.63, 3.8) is 0 Å². The lowest BCUT2D eigenvalue weighted by atomic mass is 9.98. The number of halogens is 1. The maximum atomic E-state index is 5.85. The number of ether oxygens (including phenoxy) is 1. The fourth-order valence-electron chi connectivity index (χ4n) is 2.74. The summed E-state index contributed by atoms with van der Waals surface area (Å²) in [4.78, 5) is 0. The molecule has 1 unspecified atom stereocenters. The molecule has 0 aliphatic carbocycles. The molecule has 0 amide bonds. The normalized spacial score (nSPS) is 14.9. The Morgan fingerprint density at radius 3 is 2.95 bits per heavy atom. The zero-order valence-corrected chi connectivity index (χ0v) is 13.3. The maximum Gasteiger partial charge on any atom is 0.128 e. The molecule has 1 aromatic carbocycles. The van der Waals surface area contributed by atoms with Crippen LogP contribution >= 0.6 is 15.9 Å². The first-order valence-electron chi connectivity index (χ1n) is 6.93. The molecule has 106 valence electrons. The SMILES string of the molecule is CCNC(c1cc(Br)cc2c1OCC2)c1occc1C. The van der Waals surface area contributed by atoms with E-state index in [-0.39, 0.29) is 6.04 Å². The van der Waals surface area contributed by atoms with Crippen LogP contribution in [0.2, 0.25) is 0 Å². The maximum absolute atomic E-state index is 5.85. The van der Waals surface area contributed by atoms with Crippen molar-refractivity contribution >= 4 is 15.9 Å². The van der Waals surface area contributed by atoms with Crippen LogP contribution in [0.15, 0.2) is 33.4 Å². The van der Waals surface area contributed by atoms with E-state index >= 15 is 0 Å². The Kier molecular flexibility index (Phi) is 3.85. The highest BCUT2D eigenvalue weighted by Gasteiger charge is 2.26. The second-order valence-electron chi connectivity index (χ2n) is 5.04. The fraction of sp³-hybridized carbons (Fsp3) is 0.375. The molecular weight excluding hydrogens is 318 g/mol. The molecule has 0 fully saturated rings. The number of benzene rings is 1. The lowest BCUT2D eigenvalue weighted by Gasteiger charge is -2.20. The van der Waals surface area contributed by atoms with E-state index in [2.05, 4.69) is 47.2 Å². The third-order valence-electron chi connectivity index (χ3n) is 3.66. The Bertz CT molecular complexity index is 621. The molecule has 2 aromatic rings. The molecular formula is C16H18BrNO2. The van der Waals surface area contributed by atoms with Gasteiger partial charge in [0.05, 0.1) is 18.9 Å². The van der Waals surface area contributed by atoms with Crippen LogP contribution in [0.1, 0.15) is 35.4 Å². The van der Waals surface area contributed by atoms with Gasteiger partial charge in [0.1, 0.15) is 11.5 Å². The third-order valence-corrected chi connectivity index (χ3v) is 4.12. The van der Waals surface area contributed by atoms with Crippen molar-refractivity contribution in [3.8, 4) is 5.75 Å². The summed E-state index contributed by atoms with van der Waals surface area (Å²) in [7, 11) is 0. The van der Waals surface area contributed by atoms with Gasteiger partial charge >= 0.3 is 0 Å². The van der Waals surface area contributed by atoms with Gasteiger partial charge in [-0.3, -0.25) is 0 Å². The van der Waals surface area contributed by atoms with Gasteiger partial charge in [-0.05, 0) is 42.8 Å². The van der Waals surface area contributed by atoms with Gasteiger partial charge in [0.15, 0.2) is 0 Å². The molecule has 1 atom stereocenters. The van der Waals surface area contributed by atoms with Crippen molar-refractivity contribution in [2.45, 2.75) is 26.3 Å². The summed E-state index contributed by atoms with van der Waals surface area (Å²) >= 11 is 3.60. The molecule has 3 nitrogen and oxygen atoms in total. The van der Waals surface area contributed by atoms with Crippen LogP contribution < -0.4 is 10.1 Å². The van der Waals surface area contributed by atoms with Crippen LogP contribution in [0.4, 0.5) is 0 Å². The summed E-state index contributed by atoms with van der Waals surface area (Å²) in [6.07, 6.45) is 2.71. The van der Waals surface area contributed by atoms with Crippen molar-refractivity contribution in [1.29, 1.82) is 0 Å². The summed E-state index contributed by atoms with van der Waals surface area (Å²) in [5.74, 6) is 1.97. The third kappa shape index (κ3) is 2.38. The lowest BCUT2D eigenvalue weighted by Crippen LogP contribution is -2.22. The van der Waals surface area contributed by atoms with Gasteiger partial charge in [-0.15, -0.1) is 0 Å². The molecule has 3 rings (SSSR count). The quantitative estimate of drug-likeness (QED) is 0.917. The van der Waals surface area contributed by atoms with Gasteiger partial charge in [0.2, 0.25) is 0 Å². The van der Waals surface area contributed by atoms with Crippen LogP contribution in [0.3, 0.4) is 0 Å². The van der Waals surface area contributed by atoms with E-state index in [1.807, 2.05) is 6.07 Å². The van der Waals surface area contributed by atoms with Crippen LogP contribution in [0.5, 0.6) is 5.75 Å². The first-order chi connectivity index (χ1) is 9.70. The Morgan fingerprint density at radius 2 is 2.25 bits per heavy atom. The predicted molar refractivity (Wildman–Crippen MR) is 82.3 cm³/mol. The molecule has 20 heavy (non-hydrogen) atoms. The highest BCUT2D eigenvalue weighted by molar-refractivity contribution is 9.10. The Morgan fingerprint density at radius 1 is 1.40 bits per heavy atom. The molecule has 1 aliphatic heterocycles. The van der Waals surface area contributed by atoms with Gasteiger partial charge in [-0.2, -0.15) is 0 Å². The van der Waals surface area contributed by atoms with Crippen LogP contribution in [0, 0.1) is 6.92 Å². The second kappa shape index (κ2) is 5.62. The van der Waals surface area contributed by atoms with Gasteiger partial charge in [0, 0.05) is 16.5 Å². The fourth-order valence-corrected chi connectivity index (χ4v) is 3.26. The molecule has 0 spiro atoms. The summed E-state index contributed by atoms with van der Waals surface area (Å²) in [5, 5.41) is 3.50. The monoisotopic (exact) mass is 335 g/mol. The number of furan rings is 1. The first-order valence-corrected chi connectivity index (χ1v) is 7.72. The van der Waals surface area contributed by atoms with Crippen molar-refractivity contribution in [3.05, 3.63) is 51.4 Å². The van der Waals surface area contributed by atoms with E-state index in [1.54, 1.807) is 6.26 Å². The molecule has 0 bridgehead atoms. The largest absolute Gasteiger partial charge is 0.493 e. The van der Waals surface area contributed by atoms with E-state index in [0.717, 1.165) is 46.7 Å². The van der Waals surface area contributed by atoms with E-state index < -0.39 is 0 Å². The van der Waals surface area contributed by atoms with E-state index in [9.17, 15) is 0 Å². The lowest BCUT2D eigenvalue weighted by molar-refractivity contribution is 0.347. The zero-order chi connectivity index (χ0) is 14.1. The number of hydrogen-bond donors (Lipinski definition) is 1. The average Bonchev–Trinajstić information content (AvgIpc) is 3.04. The minimum Gasteiger partial charge on any atom is -0.493 e. The number of rotatable bonds is 4. The highest BCUT2D eigenvalue weighted by atomic mass is 79.9. The summed E-state index contributed by atoms with van der Waals surface area (Å²) in [5.41, 5.74) is 3.57. The van der Waals surface area contributed by atoms with Crippen molar-refractivity contribution in [1.82, 2.24) is 5.32 Å². The summed E-state index contributed by atoms with van der Waals surface area (Å²) < 4.78 is 12.6. The van der Waals surface area contributed by atoms with Crippen LogP contribution in [-0.2, 0) is 6.42 Å². The Balaban J connectivity index is 2.11. The van der Waals surface area contributed by atoms with Crippen molar-refractivity contribution in [2.75, 3.05) is 13.2 Å². The molecule has 1 aromatic heterocycles. The minimum atomic E-state index is 0.0272. The number of hydrogen-bond acceptors (Lipinski definition) is 3. The molecule has 1 aliphatic rings. The second-order valence-corrected chi connectivity index (χ2v) is 5.96. The first kappa shape index (κ1) is 13.7. The van der Waals surface area contributed by atoms with Gasteiger partial charge in [-0.25, -0.2) is 0 Å². The van der Waals surface area contributed by atoms with E-state index in [4.69, 9.17) is 9.15 Å². The van der Waals surface area contributed by atoms with Crippen LogP contribution in [0.25, 0.3) is 0 Å². The Labute approximate surface area is 127 Å². The number of aryl methyl sites for hydroxylation is 1. The topological polar surface area (TPSA) is 34.4 Å². The molecule has 4 heteroatoms. The molecule has 1 N–H and O–H groups in total. The highest BCUT2D eigenvalue weighted by Crippen LogP contribution is 2.39. The van der Waals surface area contributed by atoms with Crippen molar-refractivity contribution < 1.29 is 9.15 Å². The number of fused-ring (bicyclic) bond motifs is 1. The molecule has 0 radical (unpaired) electrons. The van der Waals surface area contributed by atoms with Crippen molar-refractivity contribution in [2.24, 2.45) is 0 Å². The standard InChI is InChI=1S/C16H18BrNO2/c1-3-18-14(15-10(2)4-6-19-15)13-9-12(17)8-11-5-7-20-16(11)13/h4,6,8-9,14,18H,3,5,7H2,1-2H3. The van der Waals surface area contributed by atoms with E-state index in [0.29, 0.717) is 0 Å². The zero-order valence-electron chi connectivity index (χ0n) is 11.7. The van der Waals surface area contributed by atoms with Crippen LogP contribution in [-0.4, -0.2) is 13.2 Å². The summed E-state index contributed by atoms with van der Waals surface area (Å²) in [6, 6.07) is 6.29. The van der Waals surface area contributed by atoms with E-state index in [1.165, 1.54) is 5.56 Å². The van der Waals surface area contributed by atoms with Gasteiger partial charge in [0.25, 0.3) is 0 Å².